The summed E-state index contributed by atoms with van der Waals surface area (Å²) in [7, 11) is 0. The molecule has 1 aliphatic carbocycles. The van der Waals surface area contributed by atoms with Crippen LogP contribution in [0.2, 0.25) is 0 Å². The molecule has 3 nitrogen and oxygen atoms in total. The number of amides is 1. The predicted molar refractivity (Wildman–Crippen MR) is 89.7 cm³/mol. The zero-order valence-electron chi connectivity index (χ0n) is 13.4. The van der Waals surface area contributed by atoms with E-state index < -0.39 is 0 Å². The lowest BCUT2D eigenvalue weighted by atomic mass is 9.93. The van der Waals surface area contributed by atoms with Crippen LogP contribution in [-0.2, 0) is 4.79 Å². The van der Waals surface area contributed by atoms with Crippen molar-refractivity contribution >= 4 is 5.91 Å². The molecule has 2 unspecified atom stereocenters. The lowest BCUT2D eigenvalue weighted by Gasteiger charge is -2.20. The zero-order valence-corrected chi connectivity index (χ0v) is 13.4. The van der Waals surface area contributed by atoms with Crippen molar-refractivity contribution in [3.8, 4) is 0 Å². The van der Waals surface area contributed by atoms with E-state index >= 15 is 0 Å². The van der Waals surface area contributed by atoms with Gasteiger partial charge >= 0.3 is 0 Å². The molecule has 0 aliphatic heterocycles. The fourth-order valence-corrected chi connectivity index (χ4v) is 3.05. The third-order valence-electron chi connectivity index (χ3n) is 4.21. The smallest absolute Gasteiger partial charge is 0.224 e. The Bertz CT molecular complexity index is 493. The SMILES string of the molecule is CC(O)CC(CNC(=O)CC1=CCCCC1)c1ccccc1. The van der Waals surface area contributed by atoms with Crippen LogP contribution in [0.1, 0.15) is 56.9 Å². The summed E-state index contributed by atoms with van der Waals surface area (Å²) < 4.78 is 0. The largest absolute Gasteiger partial charge is 0.393 e. The number of benzene rings is 1. The predicted octanol–water partition coefficient (Wildman–Crippen LogP) is 3.55. The van der Waals surface area contributed by atoms with Crippen LogP contribution >= 0.6 is 0 Å². The van der Waals surface area contributed by atoms with E-state index in [0.717, 1.165) is 12.8 Å². The first kappa shape index (κ1) is 16.8. The molecule has 0 saturated carbocycles. The van der Waals surface area contributed by atoms with Gasteiger partial charge in [-0.05, 0) is 44.6 Å². The Balaban J connectivity index is 1.87. The number of carbonyl (C=O) groups excluding carboxylic acids is 1. The number of hydrogen-bond donors (Lipinski definition) is 2. The minimum atomic E-state index is -0.372. The zero-order chi connectivity index (χ0) is 15.8. The van der Waals surface area contributed by atoms with E-state index in [1.165, 1.54) is 24.0 Å². The first-order chi connectivity index (χ1) is 10.6. The molecule has 2 rings (SSSR count). The molecular weight excluding hydrogens is 274 g/mol. The van der Waals surface area contributed by atoms with Gasteiger partial charge in [0, 0.05) is 18.9 Å². The Hall–Kier alpha value is -1.61. The summed E-state index contributed by atoms with van der Waals surface area (Å²) in [5.41, 5.74) is 2.44. The van der Waals surface area contributed by atoms with Crippen molar-refractivity contribution in [2.24, 2.45) is 0 Å². The summed E-state index contributed by atoms with van der Waals surface area (Å²) in [6, 6.07) is 10.1. The Morgan fingerprint density at radius 3 is 2.68 bits per heavy atom. The second kappa shape index (κ2) is 8.74. The third-order valence-corrected chi connectivity index (χ3v) is 4.21. The van der Waals surface area contributed by atoms with Crippen LogP contribution in [-0.4, -0.2) is 23.7 Å². The number of hydrogen-bond acceptors (Lipinski definition) is 2. The maximum absolute atomic E-state index is 12.1. The number of nitrogens with one attached hydrogen (secondary N) is 1. The van der Waals surface area contributed by atoms with Gasteiger partial charge in [-0.15, -0.1) is 0 Å². The summed E-state index contributed by atoms with van der Waals surface area (Å²) in [5, 5.41) is 12.7. The second-order valence-corrected chi connectivity index (χ2v) is 6.28. The van der Waals surface area contributed by atoms with E-state index in [2.05, 4.69) is 23.5 Å². The lowest BCUT2D eigenvalue weighted by Crippen LogP contribution is -2.30. The molecule has 0 fully saturated rings. The van der Waals surface area contributed by atoms with Crippen LogP contribution in [0.15, 0.2) is 42.0 Å². The molecule has 0 aromatic heterocycles. The standard InChI is InChI=1S/C19H27NO2/c1-15(21)12-18(17-10-6-3-7-11-17)14-20-19(22)13-16-8-4-2-5-9-16/h3,6-8,10-11,15,18,21H,2,4-5,9,12-14H2,1H3,(H,20,22). The van der Waals surface area contributed by atoms with Gasteiger partial charge in [0.15, 0.2) is 0 Å². The van der Waals surface area contributed by atoms with Gasteiger partial charge in [-0.2, -0.15) is 0 Å². The second-order valence-electron chi connectivity index (χ2n) is 6.28. The van der Waals surface area contributed by atoms with Crippen molar-refractivity contribution in [2.75, 3.05) is 6.54 Å². The van der Waals surface area contributed by atoms with Gasteiger partial charge in [0.25, 0.3) is 0 Å². The summed E-state index contributed by atoms with van der Waals surface area (Å²) >= 11 is 0. The van der Waals surface area contributed by atoms with Crippen molar-refractivity contribution in [1.29, 1.82) is 0 Å². The molecule has 0 saturated heterocycles. The normalized spacial score (nSPS) is 17.5. The maximum Gasteiger partial charge on any atom is 0.224 e. The first-order valence-electron chi connectivity index (χ1n) is 8.32. The van der Waals surface area contributed by atoms with Gasteiger partial charge in [-0.1, -0.05) is 42.0 Å². The average Bonchev–Trinajstić information content (AvgIpc) is 2.53. The van der Waals surface area contributed by atoms with E-state index in [-0.39, 0.29) is 17.9 Å². The van der Waals surface area contributed by atoms with Gasteiger partial charge in [0.1, 0.15) is 0 Å². The van der Waals surface area contributed by atoms with Crippen molar-refractivity contribution < 1.29 is 9.90 Å². The molecule has 0 spiro atoms. The van der Waals surface area contributed by atoms with Crippen LogP contribution in [0, 0.1) is 0 Å². The minimum absolute atomic E-state index is 0.0969. The maximum atomic E-state index is 12.1. The van der Waals surface area contributed by atoms with Gasteiger partial charge in [-0.25, -0.2) is 0 Å². The highest BCUT2D eigenvalue weighted by molar-refractivity contribution is 5.78. The van der Waals surface area contributed by atoms with Gasteiger partial charge < -0.3 is 10.4 Å². The number of rotatable bonds is 7. The molecule has 1 aromatic carbocycles. The van der Waals surface area contributed by atoms with Gasteiger partial charge in [0.2, 0.25) is 5.91 Å². The van der Waals surface area contributed by atoms with Gasteiger partial charge in [0.05, 0.1) is 6.10 Å². The topological polar surface area (TPSA) is 49.3 Å². The van der Waals surface area contributed by atoms with Crippen molar-refractivity contribution in [2.45, 2.75) is 57.5 Å². The fourth-order valence-electron chi connectivity index (χ4n) is 3.05. The number of aliphatic hydroxyl groups is 1. The van der Waals surface area contributed by atoms with Crippen LogP contribution in [0.5, 0.6) is 0 Å². The number of carbonyl (C=O) groups is 1. The molecule has 22 heavy (non-hydrogen) atoms. The Morgan fingerprint density at radius 1 is 1.27 bits per heavy atom. The average molecular weight is 301 g/mol. The van der Waals surface area contributed by atoms with Crippen molar-refractivity contribution in [1.82, 2.24) is 5.32 Å². The highest BCUT2D eigenvalue weighted by Gasteiger charge is 2.16. The van der Waals surface area contributed by atoms with E-state index in [1.54, 1.807) is 6.92 Å². The lowest BCUT2D eigenvalue weighted by molar-refractivity contribution is -0.120. The van der Waals surface area contributed by atoms with E-state index in [9.17, 15) is 9.90 Å². The molecule has 3 heteroatoms. The summed E-state index contributed by atoms with van der Waals surface area (Å²) in [4.78, 5) is 12.1. The Kier molecular flexibility index (Phi) is 6.66. The molecule has 1 aromatic rings. The fraction of sp³-hybridized carbons (Fsp3) is 0.526. The van der Waals surface area contributed by atoms with Gasteiger partial charge in [-0.3, -0.25) is 4.79 Å². The minimum Gasteiger partial charge on any atom is -0.393 e. The monoisotopic (exact) mass is 301 g/mol. The quantitative estimate of drug-likeness (QED) is 0.757. The van der Waals surface area contributed by atoms with E-state index in [1.807, 2.05) is 18.2 Å². The molecule has 0 bridgehead atoms. The molecule has 0 heterocycles. The van der Waals surface area contributed by atoms with Crippen LogP contribution in [0.3, 0.4) is 0 Å². The molecule has 1 aliphatic rings. The van der Waals surface area contributed by atoms with E-state index in [0.29, 0.717) is 19.4 Å². The van der Waals surface area contributed by atoms with Crippen LogP contribution in [0.4, 0.5) is 0 Å². The van der Waals surface area contributed by atoms with Crippen molar-refractivity contribution in [3.05, 3.63) is 47.5 Å². The number of allylic oxidation sites excluding steroid dienone is 1. The molecule has 120 valence electrons. The highest BCUT2D eigenvalue weighted by atomic mass is 16.3. The van der Waals surface area contributed by atoms with Crippen LogP contribution in [0.25, 0.3) is 0 Å². The molecule has 2 atom stereocenters. The Labute approximate surface area is 133 Å². The third kappa shape index (κ3) is 5.64. The van der Waals surface area contributed by atoms with Crippen molar-refractivity contribution in [3.63, 3.8) is 0 Å². The first-order valence-corrected chi connectivity index (χ1v) is 8.32. The van der Waals surface area contributed by atoms with E-state index in [4.69, 9.17) is 0 Å². The molecule has 0 radical (unpaired) electrons. The highest BCUT2D eigenvalue weighted by Crippen LogP contribution is 2.22. The molecular formula is C19H27NO2. The summed E-state index contributed by atoms with van der Waals surface area (Å²) in [5.74, 6) is 0.255. The number of aliphatic hydroxyl groups excluding tert-OH is 1. The van der Waals surface area contributed by atoms with Crippen LogP contribution < -0.4 is 5.32 Å². The summed E-state index contributed by atoms with van der Waals surface area (Å²) in [6.07, 6.45) is 7.64. The molecule has 1 amide bonds. The summed E-state index contributed by atoms with van der Waals surface area (Å²) in [6.45, 7) is 2.38. The Morgan fingerprint density at radius 2 is 2.05 bits per heavy atom. The molecule has 2 N–H and O–H groups in total.